The van der Waals surface area contributed by atoms with Gasteiger partial charge < -0.3 is 5.73 Å². The maximum atomic E-state index is 13.7. The standard InChI is InChI=1S/C14H20FN/c1-3-12-6-10(4-9(2)14(12)15)5-11-7-13(16)8-11/h4,6,11,13H,3,5,7-8,16H2,1-2H3. The molecular weight excluding hydrogens is 201 g/mol. The summed E-state index contributed by atoms with van der Waals surface area (Å²) < 4.78 is 13.7. The van der Waals surface area contributed by atoms with Gasteiger partial charge >= 0.3 is 0 Å². The van der Waals surface area contributed by atoms with E-state index in [9.17, 15) is 4.39 Å². The lowest BCUT2D eigenvalue weighted by Gasteiger charge is -2.32. The minimum atomic E-state index is -0.0310. The molecule has 2 rings (SSSR count). The van der Waals surface area contributed by atoms with Gasteiger partial charge in [0.05, 0.1) is 0 Å². The Labute approximate surface area is 96.9 Å². The van der Waals surface area contributed by atoms with Gasteiger partial charge in [-0.15, -0.1) is 0 Å². The van der Waals surface area contributed by atoms with Crippen molar-refractivity contribution < 1.29 is 4.39 Å². The Morgan fingerprint density at radius 3 is 2.62 bits per heavy atom. The van der Waals surface area contributed by atoms with E-state index in [1.54, 1.807) is 0 Å². The van der Waals surface area contributed by atoms with Crippen LogP contribution in [0.4, 0.5) is 4.39 Å². The van der Waals surface area contributed by atoms with Gasteiger partial charge in [0.15, 0.2) is 0 Å². The molecule has 1 nitrogen and oxygen atoms in total. The molecule has 0 atom stereocenters. The molecule has 0 amide bonds. The number of nitrogens with two attached hydrogens (primary N) is 1. The Bertz CT molecular complexity index is 381. The molecule has 1 aromatic carbocycles. The van der Waals surface area contributed by atoms with E-state index in [1.165, 1.54) is 5.56 Å². The van der Waals surface area contributed by atoms with Crippen molar-refractivity contribution in [2.45, 2.75) is 45.6 Å². The minimum absolute atomic E-state index is 0.0310. The van der Waals surface area contributed by atoms with E-state index in [1.807, 2.05) is 26.0 Å². The summed E-state index contributed by atoms with van der Waals surface area (Å²) in [6.07, 6.45) is 4.07. The molecule has 1 aromatic rings. The molecule has 16 heavy (non-hydrogen) atoms. The summed E-state index contributed by atoms with van der Waals surface area (Å²) >= 11 is 0. The number of halogens is 1. The predicted octanol–water partition coefficient (Wildman–Crippen LogP) is 2.98. The van der Waals surface area contributed by atoms with Crippen molar-refractivity contribution in [1.29, 1.82) is 0 Å². The van der Waals surface area contributed by atoms with Crippen LogP contribution in [0.2, 0.25) is 0 Å². The number of rotatable bonds is 3. The summed E-state index contributed by atoms with van der Waals surface area (Å²) in [5.74, 6) is 0.682. The molecule has 2 heteroatoms. The lowest BCUT2D eigenvalue weighted by molar-refractivity contribution is 0.264. The van der Waals surface area contributed by atoms with Gasteiger partial charge in [0.25, 0.3) is 0 Å². The van der Waals surface area contributed by atoms with Crippen molar-refractivity contribution in [3.8, 4) is 0 Å². The van der Waals surface area contributed by atoms with E-state index in [2.05, 4.69) is 0 Å². The highest BCUT2D eigenvalue weighted by molar-refractivity contribution is 5.31. The topological polar surface area (TPSA) is 26.0 Å². The van der Waals surface area contributed by atoms with Crippen LogP contribution in [0.15, 0.2) is 12.1 Å². The lowest BCUT2D eigenvalue weighted by atomic mass is 9.77. The molecule has 0 heterocycles. The van der Waals surface area contributed by atoms with E-state index < -0.39 is 0 Å². The molecule has 0 spiro atoms. The van der Waals surface area contributed by atoms with E-state index in [0.29, 0.717) is 12.0 Å². The summed E-state index contributed by atoms with van der Waals surface area (Å²) in [6.45, 7) is 3.85. The zero-order valence-electron chi connectivity index (χ0n) is 10.1. The molecule has 2 N–H and O–H groups in total. The smallest absolute Gasteiger partial charge is 0.129 e. The third-order valence-corrected chi connectivity index (χ3v) is 3.57. The van der Waals surface area contributed by atoms with Crippen molar-refractivity contribution in [2.75, 3.05) is 0 Å². The lowest BCUT2D eigenvalue weighted by Crippen LogP contribution is -2.37. The highest BCUT2D eigenvalue weighted by Gasteiger charge is 2.26. The van der Waals surface area contributed by atoms with Crippen LogP contribution in [-0.4, -0.2) is 6.04 Å². The quantitative estimate of drug-likeness (QED) is 0.834. The summed E-state index contributed by atoms with van der Waals surface area (Å²) in [4.78, 5) is 0. The van der Waals surface area contributed by atoms with Crippen LogP contribution in [-0.2, 0) is 12.8 Å². The summed E-state index contributed by atoms with van der Waals surface area (Å²) in [6, 6.07) is 4.40. The van der Waals surface area contributed by atoms with Crippen LogP contribution in [0.5, 0.6) is 0 Å². The van der Waals surface area contributed by atoms with Crippen molar-refractivity contribution in [2.24, 2.45) is 11.7 Å². The first-order valence-corrected chi connectivity index (χ1v) is 6.13. The molecule has 0 aromatic heterocycles. The maximum Gasteiger partial charge on any atom is 0.129 e. The van der Waals surface area contributed by atoms with Crippen LogP contribution in [0.3, 0.4) is 0 Å². The van der Waals surface area contributed by atoms with Crippen molar-refractivity contribution in [3.63, 3.8) is 0 Å². The van der Waals surface area contributed by atoms with Crippen molar-refractivity contribution in [3.05, 3.63) is 34.6 Å². The molecule has 0 aliphatic heterocycles. The first-order chi connectivity index (χ1) is 7.60. The molecule has 1 saturated carbocycles. The van der Waals surface area contributed by atoms with Gasteiger partial charge in [0.1, 0.15) is 5.82 Å². The normalized spacial score (nSPS) is 24.2. The maximum absolute atomic E-state index is 13.7. The Morgan fingerprint density at radius 1 is 1.38 bits per heavy atom. The monoisotopic (exact) mass is 221 g/mol. The first kappa shape index (κ1) is 11.6. The second-order valence-corrected chi connectivity index (χ2v) is 5.04. The molecule has 0 radical (unpaired) electrons. The van der Waals surface area contributed by atoms with Gasteiger partial charge in [-0.25, -0.2) is 4.39 Å². The van der Waals surface area contributed by atoms with E-state index in [-0.39, 0.29) is 5.82 Å². The van der Waals surface area contributed by atoms with Gasteiger partial charge in [-0.2, -0.15) is 0 Å². The van der Waals surface area contributed by atoms with E-state index in [0.717, 1.165) is 36.8 Å². The van der Waals surface area contributed by atoms with Crippen LogP contribution in [0.25, 0.3) is 0 Å². The molecule has 1 aliphatic carbocycles. The average Bonchev–Trinajstić information content (AvgIpc) is 2.21. The third-order valence-electron chi connectivity index (χ3n) is 3.57. The van der Waals surface area contributed by atoms with Crippen LogP contribution in [0, 0.1) is 18.7 Å². The molecule has 1 aliphatic rings. The third kappa shape index (κ3) is 2.27. The number of benzene rings is 1. The first-order valence-electron chi connectivity index (χ1n) is 6.13. The fourth-order valence-electron chi connectivity index (χ4n) is 2.59. The second-order valence-electron chi connectivity index (χ2n) is 5.04. The number of hydrogen-bond donors (Lipinski definition) is 1. The minimum Gasteiger partial charge on any atom is -0.328 e. The van der Waals surface area contributed by atoms with E-state index in [4.69, 9.17) is 5.73 Å². The molecular formula is C14H20FN. The van der Waals surface area contributed by atoms with Crippen molar-refractivity contribution in [1.82, 2.24) is 0 Å². The SMILES string of the molecule is CCc1cc(CC2CC(N)C2)cc(C)c1F. The van der Waals surface area contributed by atoms with Gasteiger partial charge in [-0.1, -0.05) is 19.1 Å². The summed E-state index contributed by atoms with van der Waals surface area (Å²) in [7, 11) is 0. The fourth-order valence-corrected chi connectivity index (χ4v) is 2.59. The molecule has 0 unspecified atom stereocenters. The number of hydrogen-bond acceptors (Lipinski definition) is 1. The van der Waals surface area contributed by atoms with Crippen LogP contribution in [0.1, 0.15) is 36.5 Å². The summed E-state index contributed by atoms with van der Waals surface area (Å²) in [5.41, 5.74) is 8.67. The highest BCUT2D eigenvalue weighted by atomic mass is 19.1. The van der Waals surface area contributed by atoms with Crippen molar-refractivity contribution >= 4 is 0 Å². The van der Waals surface area contributed by atoms with Gasteiger partial charge in [0, 0.05) is 6.04 Å². The Hall–Kier alpha value is -0.890. The van der Waals surface area contributed by atoms with E-state index >= 15 is 0 Å². The number of aryl methyl sites for hydroxylation is 2. The van der Waals surface area contributed by atoms with Gasteiger partial charge in [0.2, 0.25) is 0 Å². The molecule has 0 saturated heterocycles. The van der Waals surface area contributed by atoms with Gasteiger partial charge in [-0.3, -0.25) is 0 Å². The zero-order valence-corrected chi connectivity index (χ0v) is 10.1. The molecule has 88 valence electrons. The Balaban J connectivity index is 2.12. The second kappa shape index (κ2) is 4.54. The highest BCUT2D eigenvalue weighted by Crippen LogP contribution is 2.30. The van der Waals surface area contributed by atoms with Gasteiger partial charge in [-0.05, 0) is 55.2 Å². The molecule has 1 fully saturated rings. The average molecular weight is 221 g/mol. The zero-order chi connectivity index (χ0) is 11.7. The predicted molar refractivity (Wildman–Crippen MR) is 64.9 cm³/mol. The van der Waals surface area contributed by atoms with Crippen LogP contribution >= 0.6 is 0 Å². The largest absolute Gasteiger partial charge is 0.328 e. The Kier molecular flexibility index (Phi) is 3.29. The fraction of sp³-hybridized carbons (Fsp3) is 0.571. The summed E-state index contributed by atoms with van der Waals surface area (Å²) in [5, 5.41) is 0. The van der Waals surface area contributed by atoms with Crippen LogP contribution < -0.4 is 5.73 Å². The molecule has 0 bridgehead atoms. The Morgan fingerprint density at radius 2 is 2.06 bits per heavy atom.